The number of hydrogen-bond acceptors (Lipinski definition) is 6. The van der Waals surface area contributed by atoms with Crippen LogP contribution in [0.3, 0.4) is 0 Å². The van der Waals surface area contributed by atoms with E-state index in [0.29, 0.717) is 10.7 Å². The summed E-state index contributed by atoms with van der Waals surface area (Å²) in [5.74, 6) is 1.61. The topological polar surface area (TPSA) is 76.6 Å². The van der Waals surface area contributed by atoms with Crippen LogP contribution in [-0.2, 0) is 11.3 Å². The molecule has 2 aliphatic rings. The van der Waals surface area contributed by atoms with Gasteiger partial charge in [-0.15, -0.1) is 0 Å². The molecule has 1 atom stereocenters. The van der Waals surface area contributed by atoms with Crippen LogP contribution in [0.15, 0.2) is 61.1 Å². The first-order valence-corrected chi connectivity index (χ1v) is 11.5. The second kappa shape index (κ2) is 9.77. The molecule has 7 nitrogen and oxygen atoms in total. The van der Waals surface area contributed by atoms with E-state index in [1.807, 2.05) is 36.4 Å². The number of hydrogen-bond donors (Lipinski definition) is 1. The maximum Gasteiger partial charge on any atom is 0.231 e. The van der Waals surface area contributed by atoms with Gasteiger partial charge in [0.1, 0.15) is 0 Å². The van der Waals surface area contributed by atoms with Crippen LogP contribution in [0.25, 0.3) is 0 Å². The molecule has 0 spiro atoms. The standard InChI is InChI=1S/C25H25ClN4O3/c26-20-4-2-18(3-5-20)24(21-14-27-9-10-28-21)29-25(31)19-7-11-30(12-8-19)15-17-1-6-22-23(13-17)33-16-32-22/h1-6,9-10,13-14,19,24H,7-8,11-12,15-16H2,(H,29,31). The lowest BCUT2D eigenvalue weighted by atomic mass is 9.94. The van der Waals surface area contributed by atoms with Gasteiger partial charge in [-0.3, -0.25) is 19.7 Å². The molecule has 3 heterocycles. The van der Waals surface area contributed by atoms with Gasteiger partial charge in [0.25, 0.3) is 0 Å². The monoisotopic (exact) mass is 464 g/mol. The van der Waals surface area contributed by atoms with Crippen LogP contribution in [0, 0.1) is 5.92 Å². The average Bonchev–Trinajstić information content (AvgIpc) is 3.32. The first-order valence-electron chi connectivity index (χ1n) is 11.1. The summed E-state index contributed by atoms with van der Waals surface area (Å²) < 4.78 is 10.9. The zero-order valence-corrected chi connectivity index (χ0v) is 18.9. The van der Waals surface area contributed by atoms with Gasteiger partial charge in [0.05, 0.1) is 17.9 Å². The van der Waals surface area contributed by atoms with Crippen LogP contribution < -0.4 is 14.8 Å². The number of ether oxygens (including phenoxy) is 2. The van der Waals surface area contributed by atoms with Gasteiger partial charge in [0.15, 0.2) is 11.5 Å². The van der Waals surface area contributed by atoms with Gasteiger partial charge in [0, 0.05) is 29.9 Å². The summed E-state index contributed by atoms with van der Waals surface area (Å²) in [4.78, 5) is 24.2. The normalized spacial score (nSPS) is 17.0. The minimum atomic E-state index is -0.366. The van der Waals surface area contributed by atoms with Crippen molar-refractivity contribution < 1.29 is 14.3 Å². The Morgan fingerprint density at radius 3 is 2.64 bits per heavy atom. The van der Waals surface area contributed by atoms with Crippen LogP contribution >= 0.6 is 11.6 Å². The number of fused-ring (bicyclic) bond motifs is 1. The highest BCUT2D eigenvalue weighted by Gasteiger charge is 2.28. The third kappa shape index (κ3) is 5.10. The molecule has 170 valence electrons. The largest absolute Gasteiger partial charge is 0.454 e. The Balaban J connectivity index is 1.21. The quantitative estimate of drug-likeness (QED) is 0.594. The van der Waals surface area contributed by atoms with Gasteiger partial charge in [-0.05, 0) is 61.3 Å². The Hall–Kier alpha value is -3.16. The molecule has 1 aromatic heterocycles. The highest BCUT2D eigenvalue weighted by Crippen LogP contribution is 2.33. The molecule has 3 aromatic rings. The second-order valence-corrected chi connectivity index (χ2v) is 8.80. The Labute approximate surface area is 197 Å². The van der Waals surface area contributed by atoms with Crippen molar-refractivity contribution in [2.24, 2.45) is 5.92 Å². The van der Waals surface area contributed by atoms with E-state index in [9.17, 15) is 4.79 Å². The zero-order chi connectivity index (χ0) is 22.6. The fraction of sp³-hybridized carbons (Fsp3) is 0.320. The maximum atomic E-state index is 13.2. The van der Waals surface area contributed by atoms with Gasteiger partial charge >= 0.3 is 0 Å². The summed E-state index contributed by atoms with van der Waals surface area (Å²) in [5, 5.41) is 3.85. The molecule has 1 N–H and O–H groups in total. The van der Waals surface area contributed by atoms with Crippen molar-refractivity contribution in [1.29, 1.82) is 0 Å². The number of rotatable bonds is 6. The highest BCUT2D eigenvalue weighted by molar-refractivity contribution is 6.30. The molecule has 1 amide bonds. The van der Waals surface area contributed by atoms with Crippen molar-refractivity contribution in [2.75, 3.05) is 19.9 Å². The van der Waals surface area contributed by atoms with Gasteiger partial charge in [-0.25, -0.2) is 0 Å². The van der Waals surface area contributed by atoms with Crippen molar-refractivity contribution >= 4 is 17.5 Å². The summed E-state index contributed by atoms with van der Waals surface area (Å²) >= 11 is 6.06. The number of nitrogens with one attached hydrogen (secondary N) is 1. The number of carbonyl (C=O) groups is 1. The molecule has 8 heteroatoms. The lowest BCUT2D eigenvalue weighted by Gasteiger charge is -2.32. The number of nitrogens with zero attached hydrogens (tertiary/aromatic N) is 3. The van der Waals surface area contributed by atoms with E-state index in [1.165, 1.54) is 5.56 Å². The fourth-order valence-electron chi connectivity index (χ4n) is 4.35. The van der Waals surface area contributed by atoms with Crippen molar-refractivity contribution in [3.63, 3.8) is 0 Å². The van der Waals surface area contributed by atoms with Crippen LogP contribution in [-0.4, -0.2) is 40.7 Å². The SMILES string of the molecule is O=C(NC(c1ccc(Cl)cc1)c1cnccn1)C1CCN(Cc2ccc3c(c2)OCO3)CC1. The number of aromatic nitrogens is 2. The van der Waals surface area contributed by atoms with Gasteiger partial charge in [0.2, 0.25) is 12.7 Å². The summed E-state index contributed by atoms with van der Waals surface area (Å²) in [6.07, 6.45) is 6.57. The average molecular weight is 465 g/mol. The van der Waals surface area contributed by atoms with Gasteiger partial charge in [-0.2, -0.15) is 0 Å². The third-order valence-corrected chi connectivity index (χ3v) is 6.42. The molecule has 0 saturated carbocycles. The molecule has 5 rings (SSSR count). The molecule has 2 aliphatic heterocycles. The number of likely N-dealkylation sites (tertiary alicyclic amines) is 1. The molecule has 1 fully saturated rings. The number of benzene rings is 2. The van der Waals surface area contributed by atoms with E-state index < -0.39 is 0 Å². The molecular formula is C25H25ClN4O3. The van der Waals surface area contributed by atoms with Crippen molar-refractivity contribution in [3.05, 3.63) is 82.9 Å². The van der Waals surface area contributed by atoms with Crippen LogP contribution in [0.2, 0.25) is 5.02 Å². The van der Waals surface area contributed by atoms with Crippen molar-refractivity contribution in [1.82, 2.24) is 20.2 Å². The predicted molar refractivity (Wildman–Crippen MR) is 124 cm³/mol. The fourth-order valence-corrected chi connectivity index (χ4v) is 4.48. The number of halogens is 1. The van der Waals surface area contributed by atoms with Crippen molar-refractivity contribution in [2.45, 2.75) is 25.4 Å². The Morgan fingerprint density at radius 2 is 1.88 bits per heavy atom. The van der Waals surface area contributed by atoms with Crippen LogP contribution in [0.1, 0.15) is 35.7 Å². The smallest absolute Gasteiger partial charge is 0.231 e. The van der Waals surface area contributed by atoms with E-state index in [-0.39, 0.29) is 24.7 Å². The number of amides is 1. The summed E-state index contributed by atoms with van der Waals surface area (Å²) in [7, 11) is 0. The maximum absolute atomic E-state index is 13.2. The van der Waals surface area contributed by atoms with Crippen molar-refractivity contribution in [3.8, 4) is 11.5 Å². The van der Waals surface area contributed by atoms with E-state index in [4.69, 9.17) is 21.1 Å². The van der Waals surface area contributed by atoms with Crippen LogP contribution in [0.5, 0.6) is 11.5 Å². The molecule has 0 radical (unpaired) electrons. The Morgan fingerprint density at radius 1 is 1.09 bits per heavy atom. The first kappa shape index (κ1) is 21.7. The first-order chi connectivity index (χ1) is 16.2. The van der Waals surface area contributed by atoms with Crippen LogP contribution in [0.4, 0.5) is 0 Å². The second-order valence-electron chi connectivity index (χ2n) is 8.36. The van der Waals surface area contributed by atoms with E-state index in [0.717, 1.165) is 49.5 Å². The van der Waals surface area contributed by atoms with E-state index >= 15 is 0 Å². The predicted octanol–water partition coefficient (Wildman–Crippen LogP) is 3.98. The lowest BCUT2D eigenvalue weighted by molar-refractivity contribution is -0.127. The minimum Gasteiger partial charge on any atom is -0.454 e. The molecule has 2 aromatic carbocycles. The Kier molecular flexibility index (Phi) is 6.41. The summed E-state index contributed by atoms with van der Waals surface area (Å²) in [6.45, 7) is 2.84. The Bertz CT molecular complexity index is 1100. The van der Waals surface area contributed by atoms with Gasteiger partial charge < -0.3 is 14.8 Å². The number of piperidine rings is 1. The third-order valence-electron chi connectivity index (χ3n) is 6.17. The summed E-state index contributed by atoms with van der Waals surface area (Å²) in [5.41, 5.74) is 2.81. The molecule has 0 bridgehead atoms. The van der Waals surface area contributed by atoms with Gasteiger partial charge in [-0.1, -0.05) is 29.8 Å². The lowest BCUT2D eigenvalue weighted by Crippen LogP contribution is -2.41. The molecule has 1 unspecified atom stereocenters. The van der Waals surface area contributed by atoms with E-state index in [2.05, 4.69) is 26.3 Å². The highest BCUT2D eigenvalue weighted by atomic mass is 35.5. The summed E-state index contributed by atoms with van der Waals surface area (Å²) in [6, 6.07) is 13.2. The molecular weight excluding hydrogens is 440 g/mol. The zero-order valence-electron chi connectivity index (χ0n) is 18.1. The minimum absolute atomic E-state index is 0.0375. The molecule has 1 saturated heterocycles. The molecule has 33 heavy (non-hydrogen) atoms. The van der Waals surface area contributed by atoms with E-state index in [1.54, 1.807) is 18.6 Å². The molecule has 0 aliphatic carbocycles. The number of carbonyl (C=O) groups excluding carboxylic acids is 1.